The number of nitrogens with zero attached hydrogens (tertiary/aromatic N) is 2. The highest BCUT2D eigenvalue weighted by Crippen LogP contribution is 2.29. The van der Waals surface area contributed by atoms with Gasteiger partial charge in [-0.3, -0.25) is 29.0 Å². The van der Waals surface area contributed by atoms with Crippen LogP contribution in [-0.2, 0) is 19.2 Å². The number of likely N-dealkylation sites (tertiary alicyclic amines) is 2. The number of carbonyl (C=O) groups is 4. The largest absolute Gasteiger partial charge is 0.278 e. The Hall–Kier alpha value is -1.98. The van der Waals surface area contributed by atoms with Crippen molar-refractivity contribution in [2.45, 2.75) is 52.4 Å². The molecule has 0 aromatic carbocycles. The van der Waals surface area contributed by atoms with E-state index >= 15 is 0 Å². The molecule has 2 aliphatic heterocycles. The van der Waals surface area contributed by atoms with E-state index in [1.807, 2.05) is 13.8 Å². The van der Waals surface area contributed by atoms with Crippen LogP contribution in [0, 0.1) is 0 Å². The van der Waals surface area contributed by atoms with Crippen LogP contribution in [0.15, 0.2) is 11.1 Å². The Bertz CT molecular complexity index is 502. The molecule has 2 rings (SSSR count). The Labute approximate surface area is 130 Å². The molecule has 0 saturated carbocycles. The van der Waals surface area contributed by atoms with Gasteiger partial charge in [-0.2, -0.15) is 0 Å². The molecule has 6 heteroatoms. The molecular formula is C16H22N2O4. The van der Waals surface area contributed by atoms with Crippen LogP contribution >= 0.6 is 0 Å². The average molecular weight is 306 g/mol. The third kappa shape index (κ3) is 2.96. The molecule has 6 nitrogen and oxygen atoms in total. The number of imide groups is 2. The smallest absolute Gasteiger partial charge is 0.257 e. The third-order valence-corrected chi connectivity index (χ3v) is 4.10. The van der Waals surface area contributed by atoms with Gasteiger partial charge in [-0.05, 0) is 12.8 Å². The van der Waals surface area contributed by atoms with Crippen LogP contribution < -0.4 is 0 Å². The number of carbonyl (C=O) groups excluding carboxylic acids is 4. The number of amides is 4. The summed E-state index contributed by atoms with van der Waals surface area (Å²) < 4.78 is 0. The second kappa shape index (κ2) is 6.85. The fraction of sp³-hybridized carbons (Fsp3) is 0.625. The highest BCUT2D eigenvalue weighted by atomic mass is 16.2. The zero-order valence-electron chi connectivity index (χ0n) is 13.2. The van der Waals surface area contributed by atoms with Crippen molar-refractivity contribution >= 4 is 23.6 Å². The Morgan fingerprint density at radius 2 is 1.09 bits per heavy atom. The average Bonchev–Trinajstić information content (AvgIpc) is 2.92. The van der Waals surface area contributed by atoms with Crippen molar-refractivity contribution in [3.05, 3.63) is 11.1 Å². The molecular weight excluding hydrogens is 284 g/mol. The van der Waals surface area contributed by atoms with E-state index in [0.717, 1.165) is 25.7 Å². The van der Waals surface area contributed by atoms with Gasteiger partial charge in [-0.1, -0.05) is 26.7 Å². The van der Waals surface area contributed by atoms with E-state index in [9.17, 15) is 19.2 Å². The van der Waals surface area contributed by atoms with E-state index in [1.54, 1.807) is 0 Å². The summed E-state index contributed by atoms with van der Waals surface area (Å²) in [5, 5.41) is 0. The second-order valence-electron chi connectivity index (χ2n) is 5.72. The van der Waals surface area contributed by atoms with Gasteiger partial charge < -0.3 is 0 Å². The molecule has 2 saturated heterocycles. The predicted molar refractivity (Wildman–Crippen MR) is 79.5 cm³/mol. The van der Waals surface area contributed by atoms with Crippen LogP contribution in [0.3, 0.4) is 0 Å². The van der Waals surface area contributed by atoms with Gasteiger partial charge in [0.1, 0.15) is 0 Å². The fourth-order valence-corrected chi connectivity index (χ4v) is 2.75. The molecule has 0 N–H and O–H groups in total. The molecule has 120 valence electrons. The molecule has 0 bridgehead atoms. The summed E-state index contributed by atoms with van der Waals surface area (Å²) in [6.07, 6.45) is 3.14. The summed E-state index contributed by atoms with van der Waals surface area (Å²) in [5.74, 6) is -1.33. The van der Waals surface area contributed by atoms with Crippen LogP contribution in [0.2, 0.25) is 0 Å². The van der Waals surface area contributed by atoms with Crippen molar-refractivity contribution in [3.63, 3.8) is 0 Å². The first-order valence-electron chi connectivity index (χ1n) is 7.92. The summed E-state index contributed by atoms with van der Waals surface area (Å²) in [5.41, 5.74) is 0.442. The highest BCUT2D eigenvalue weighted by molar-refractivity contribution is 6.22. The lowest BCUT2D eigenvalue weighted by molar-refractivity contribution is -0.139. The number of rotatable bonds is 6. The number of hydrogen-bond donors (Lipinski definition) is 0. The maximum absolute atomic E-state index is 12.3. The Morgan fingerprint density at radius 1 is 0.727 bits per heavy atom. The lowest BCUT2D eigenvalue weighted by Gasteiger charge is -2.13. The highest BCUT2D eigenvalue weighted by Gasteiger charge is 2.42. The minimum atomic E-state index is -0.396. The molecule has 0 aromatic heterocycles. The van der Waals surface area contributed by atoms with E-state index in [1.165, 1.54) is 9.80 Å². The minimum absolute atomic E-state index is 0.0570. The van der Waals surface area contributed by atoms with E-state index in [4.69, 9.17) is 0 Å². The van der Waals surface area contributed by atoms with Gasteiger partial charge >= 0.3 is 0 Å². The van der Waals surface area contributed by atoms with Crippen LogP contribution in [0.1, 0.15) is 52.4 Å². The van der Waals surface area contributed by atoms with Crippen molar-refractivity contribution in [3.8, 4) is 0 Å². The summed E-state index contributed by atoms with van der Waals surface area (Å²) in [6.45, 7) is 4.73. The summed E-state index contributed by atoms with van der Waals surface area (Å²) in [6, 6.07) is 0. The van der Waals surface area contributed by atoms with Gasteiger partial charge in [0.2, 0.25) is 11.8 Å². The molecule has 0 aromatic rings. The van der Waals surface area contributed by atoms with Crippen LogP contribution in [0.25, 0.3) is 0 Å². The van der Waals surface area contributed by atoms with Crippen molar-refractivity contribution in [1.29, 1.82) is 0 Å². The first kappa shape index (κ1) is 16.4. The van der Waals surface area contributed by atoms with Gasteiger partial charge in [0.05, 0.1) is 12.8 Å². The van der Waals surface area contributed by atoms with Crippen molar-refractivity contribution < 1.29 is 19.2 Å². The number of unbranched alkanes of at least 4 members (excludes halogenated alkanes) is 2. The lowest BCUT2D eigenvalue weighted by Crippen LogP contribution is -2.31. The van der Waals surface area contributed by atoms with E-state index in [2.05, 4.69) is 0 Å². The zero-order chi connectivity index (χ0) is 16.3. The second-order valence-corrected chi connectivity index (χ2v) is 5.72. The van der Waals surface area contributed by atoms with Gasteiger partial charge in [0.25, 0.3) is 11.8 Å². The van der Waals surface area contributed by atoms with Crippen molar-refractivity contribution in [2.75, 3.05) is 13.1 Å². The van der Waals surface area contributed by atoms with E-state index in [0.29, 0.717) is 13.1 Å². The van der Waals surface area contributed by atoms with E-state index in [-0.39, 0.29) is 35.8 Å². The van der Waals surface area contributed by atoms with Crippen LogP contribution in [-0.4, -0.2) is 46.5 Å². The Balaban J connectivity index is 2.21. The predicted octanol–water partition coefficient (Wildman–Crippen LogP) is 1.40. The molecule has 0 unspecified atom stereocenters. The summed E-state index contributed by atoms with van der Waals surface area (Å²) in [7, 11) is 0. The Morgan fingerprint density at radius 3 is 1.41 bits per heavy atom. The third-order valence-electron chi connectivity index (χ3n) is 4.10. The van der Waals surface area contributed by atoms with Gasteiger partial charge in [-0.15, -0.1) is 0 Å². The standard InChI is InChI=1S/C16H22N2O4/c1-3-5-7-17-13(19)9-11(15(17)21)12-10-14(20)18(16(12)22)8-6-4-2/h3-10H2,1-2H3. The normalized spacial score (nSPS) is 22.5. The molecule has 0 radical (unpaired) electrons. The molecule has 4 amide bonds. The van der Waals surface area contributed by atoms with Gasteiger partial charge in [0, 0.05) is 24.2 Å². The van der Waals surface area contributed by atoms with Crippen molar-refractivity contribution in [2.24, 2.45) is 0 Å². The van der Waals surface area contributed by atoms with Crippen LogP contribution in [0.4, 0.5) is 0 Å². The lowest BCUT2D eigenvalue weighted by atomic mass is 10.1. The SMILES string of the molecule is CCCCN1C(=O)CC(=C2CC(=O)N(CCCC)C2=O)C1=O. The topological polar surface area (TPSA) is 74.8 Å². The fourth-order valence-electron chi connectivity index (χ4n) is 2.75. The molecule has 0 aliphatic carbocycles. The summed E-state index contributed by atoms with van der Waals surface area (Å²) >= 11 is 0. The molecule has 22 heavy (non-hydrogen) atoms. The Kier molecular flexibility index (Phi) is 5.11. The first-order chi connectivity index (χ1) is 10.5. The molecule has 0 atom stereocenters. The maximum Gasteiger partial charge on any atom is 0.257 e. The summed E-state index contributed by atoms with van der Waals surface area (Å²) in [4.78, 5) is 51.0. The first-order valence-corrected chi connectivity index (χ1v) is 7.92. The molecule has 2 fully saturated rings. The number of hydrogen-bond acceptors (Lipinski definition) is 4. The van der Waals surface area contributed by atoms with Gasteiger partial charge in [-0.25, -0.2) is 0 Å². The molecule has 2 aliphatic rings. The quantitative estimate of drug-likeness (QED) is 0.549. The maximum atomic E-state index is 12.3. The van der Waals surface area contributed by atoms with E-state index < -0.39 is 11.8 Å². The van der Waals surface area contributed by atoms with Crippen molar-refractivity contribution in [1.82, 2.24) is 9.80 Å². The zero-order valence-corrected chi connectivity index (χ0v) is 13.2. The van der Waals surface area contributed by atoms with Crippen LogP contribution in [0.5, 0.6) is 0 Å². The monoisotopic (exact) mass is 306 g/mol. The van der Waals surface area contributed by atoms with Gasteiger partial charge in [0.15, 0.2) is 0 Å². The minimum Gasteiger partial charge on any atom is -0.278 e. The molecule has 2 heterocycles. The molecule has 0 spiro atoms.